The van der Waals surface area contributed by atoms with E-state index in [4.69, 9.17) is 4.42 Å². The fourth-order valence-corrected chi connectivity index (χ4v) is 3.87. The predicted molar refractivity (Wildman–Crippen MR) is 93.0 cm³/mol. The molecule has 0 radical (unpaired) electrons. The quantitative estimate of drug-likeness (QED) is 0.734. The molecule has 1 aliphatic heterocycles. The highest BCUT2D eigenvalue weighted by Gasteiger charge is 2.33. The molecule has 1 fully saturated rings. The zero-order valence-electron chi connectivity index (χ0n) is 14.5. The number of piperidine rings is 1. The van der Waals surface area contributed by atoms with Gasteiger partial charge in [0.2, 0.25) is 11.8 Å². The van der Waals surface area contributed by atoms with Gasteiger partial charge in [-0.15, -0.1) is 10.2 Å². The number of nitriles is 1. The number of likely N-dealkylation sites (tertiary alicyclic amines) is 1. The second kappa shape index (κ2) is 6.34. The maximum atomic E-state index is 9.62. The van der Waals surface area contributed by atoms with Gasteiger partial charge < -0.3 is 8.82 Å². The average molecular weight is 335 g/mol. The van der Waals surface area contributed by atoms with Crippen LogP contribution >= 0.6 is 0 Å². The summed E-state index contributed by atoms with van der Waals surface area (Å²) in [5.74, 6) is 1.60. The Morgan fingerprint density at radius 3 is 3.00 bits per heavy atom. The molecule has 0 aromatic carbocycles. The smallest absolute Gasteiger partial charge is 0.221 e. The first-order valence-corrected chi connectivity index (χ1v) is 8.70. The van der Waals surface area contributed by atoms with Crippen molar-refractivity contribution < 1.29 is 4.42 Å². The van der Waals surface area contributed by atoms with Gasteiger partial charge in [-0.2, -0.15) is 5.26 Å². The summed E-state index contributed by atoms with van der Waals surface area (Å²) in [4.78, 5) is 2.42. The molecule has 6 heteroatoms. The Morgan fingerprint density at radius 1 is 1.36 bits per heavy atom. The van der Waals surface area contributed by atoms with Crippen LogP contribution < -0.4 is 0 Å². The van der Waals surface area contributed by atoms with Crippen molar-refractivity contribution in [3.63, 3.8) is 0 Å². The second-order valence-electron chi connectivity index (χ2n) is 6.75. The molecular weight excluding hydrogens is 314 g/mol. The maximum absolute atomic E-state index is 9.62. The molecule has 0 bridgehead atoms. The molecule has 1 saturated heterocycles. The van der Waals surface area contributed by atoms with Crippen LogP contribution in [0.1, 0.15) is 48.6 Å². The zero-order chi connectivity index (χ0) is 17.4. The lowest BCUT2D eigenvalue weighted by molar-refractivity contribution is 0.118. The van der Waals surface area contributed by atoms with Crippen LogP contribution in [0.5, 0.6) is 0 Å². The number of aromatic nitrogens is 3. The van der Waals surface area contributed by atoms with E-state index in [1.807, 2.05) is 35.7 Å². The van der Waals surface area contributed by atoms with Gasteiger partial charge >= 0.3 is 0 Å². The van der Waals surface area contributed by atoms with Crippen molar-refractivity contribution in [1.29, 1.82) is 5.26 Å². The van der Waals surface area contributed by atoms with Crippen LogP contribution in [-0.4, -0.2) is 32.1 Å². The van der Waals surface area contributed by atoms with E-state index in [9.17, 15) is 5.26 Å². The SMILES string of the molecule is Cc1nnc([C@H]2CCCN(Cc3cn4ccccc4c3C#N)[C@H]2C)o1. The number of hydrogen-bond donors (Lipinski definition) is 0. The summed E-state index contributed by atoms with van der Waals surface area (Å²) in [5, 5.41) is 17.8. The summed E-state index contributed by atoms with van der Waals surface area (Å²) in [7, 11) is 0. The summed E-state index contributed by atoms with van der Waals surface area (Å²) in [6.07, 6.45) is 6.21. The standard InChI is InChI=1S/C19H21N5O/c1-13-16(19-22-21-14(2)25-19)6-5-9-23(13)11-15-12-24-8-4-3-7-18(24)17(15)10-20/h3-4,7-8,12-13,16H,5-6,9,11H2,1-2H3/t13-,16-/m0/s1. The largest absolute Gasteiger partial charge is 0.425 e. The number of rotatable bonds is 3. The molecule has 0 unspecified atom stereocenters. The average Bonchev–Trinajstić information content (AvgIpc) is 3.19. The molecular formula is C19H21N5O. The summed E-state index contributed by atoms with van der Waals surface area (Å²) in [6.45, 7) is 5.82. The zero-order valence-corrected chi connectivity index (χ0v) is 14.5. The topological polar surface area (TPSA) is 70.4 Å². The predicted octanol–water partition coefficient (Wildman–Crippen LogP) is 3.27. The van der Waals surface area contributed by atoms with Crippen molar-refractivity contribution in [2.45, 2.75) is 45.2 Å². The molecule has 0 spiro atoms. The number of pyridine rings is 1. The molecule has 25 heavy (non-hydrogen) atoms. The minimum atomic E-state index is 0.248. The van der Waals surface area contributed by atoms with Crippen LogP contribution in [0.2, 0.25) is 0 Å². The molecule has 1 aliphatic rings. The van der Waals surface area contributed by atoms with Crippen molar-refractivity contribution >= 4 is 5.52 Å². The third kappa shape index (κ3) is 2.81. The molecule has 3 aromatic rings. The summed E-state index contributed by atoms with van der Waals surface area (Å²) in [6, 6.07) is 8.62. The Balaban J connectivity index is 1.61. The first kappa shape index (κ1) is 15.9. The normalized spacial score (nSPS) is 21.5. The highest BCUT2D eigenvalue weighted by molar-refractivity contribution is 5.65. The van der Waals surface area contributed by atoms with Gasteiger partial charge in [0.05, 0.1) is 17.0 Å². The molecule has 0 N–H and O–H groups in total. The van der Waals surface area contributed by atoms with E-state index in [1.165, 1.54) is 0 Å². The van der Waals surface area contributed by atoms with Gasteiger partial charge in [0.15, 0.2) is 0 Å². The van der Waals surface area contributed by atoms with Crippen molar-refractivity contribution in [3.05, 3.63) is 53.5 Å². The Bertz CT molecular complexity index is 935. The maximum Gasteiger partial charge on any atom is 0.221 e. The summed E-state index contributed by atoms with van der Waals surface area (Å²) >= 11 is 0. The van der Waals surface area contributed by atoms with Gasteiger partial charge in [-0.1, -0.05) is 6.07 Å². The Morgan fingerprint density at radius 2 is 2.24 bits per heavy atom. The third-order valence-corrected chi connectivity index (χ3v) is 5.23. The van der Waals surface area contributed by atoms with Crippen molar-refractivity contribution in [2.75, 3.05) is 6.54 Å². The van der Waals surface area contributed by atoms with E-state index in [0.717, 1.165) is 48.5 Å². The third-order valence-electron chi connectivity index (χ3n) is 5.23. The van der Waals surface area contributed by atoms with E-state index < -0.39 is 0 Å². The minimum absolute atomic E-state index is 0.248. The van der Waals surface area contributed by atoms with Crippen LogP contribution in [0.25, 0.3) is 5.52 Å². The Kier molecular flexibility index (Phi) is 4.02. The summed E-state index contributed by atoms with van der Waals surface area (Å²) < 4.78 is 7.71. The Labute approximate surface area is 146 Å². The lowest BCUT2D eigenvalue weighted by Gasteiger charge is -2.37. The fraction of sp³-hybridized carbons (Fsp3) is 0.421. The van der Waals surface area contributed by atoms with Crippen molar-refractivity contribution in [1.82, 2.24) is 19.5 Å². The van der Waals surface area contributed by atoms with Gasteiger partial charge in [-0.05, 0) is 38.4 Å². The van der Waals surface area contributed by atoms with Gasteiger partial charge in [0.1, 0.15) is 6.07 Å². The first-order valence-electron chi connectivity index (χ1n) is 8.70. The van der Waals surface area contributed by atoms with Gasteiger partial charge in [0.25, 0.3) is 0 Å². The highest BCUT2D eigenvalue weighted by Crippen LogP contribution is 2.33. The highest BCUT2D eigenvalue weighted by atomic mass is 16.4. The van der Waals surface area contributed by atoms with Crippen LogP contribution in [0.3, 0.4) is 0 Å². The molecule has 0 saturated carbocycles. The molecule has 4 heterocycles. The molecule has 0 amide bonds. The van der Waals surface area contributed by atoms with Gasteiger partial charge in [0, 0.05) is 37.5 Å². The van der Waals surface area contributed by atoms with Crippen LogP contribution in [0.4, 0.5) is 0 Å². The molecule has 2 atom stereocenters. The molecule has 4 rings (SSSR count). The van der Waals surface area contributed by atoms with E-state index in [-0.39, 0.29) is 5.92 Å². The van der Waals surface area contributed by atoms with Gasteiger partial charge in [-0.25, -0.2) is 0 Å². The number of aryl methyl sites for hydroxylation is 1. The van der Waals surface area contributed by atoms with Crippen LogP contribution in [0.15, 0.2) is 35.0 Å². The van der Waals surface area contributed by atoms with Crippen LogP contribution in [0, 0.1) is 18.3 Å². The van der Waals surface area contributed by atoms with E-state index in [0.29, 0.717) is 11.9 Å². The molecule has 6 nitrogen and oxygen atoms in total. The monoisotopic (exact) mass is 335 g/mol. The molecule has 128 valence electrons. The van der Waals surface area contributed by atoms with Crippen LogP contribution in [-0.2, 0) is 6.54 Å². The summed E-state index contributed by atoms with van der Waals surface area (Å²) in [5.41, 5.74) is 2.81. The lowest BCUT2D eigenvalue weighted by Crippen LogP contribution is -2.41. The number of fused-ring (bicyclic) bond motifs is 1. The first-order chi connectivity index (χ1) is 12.2. The van der Waals surface area contributed by atoms with E-state index >= 15 is 0 Å². The number of nitrogens with zero attached hydrogens (tertiary/aromatic N) is 5. The lowest BCUT2D eigenvalue weighted by atomic mass is 9.89. The van der Waals surface area contributed by atoms with E-state index in [2.05, 4.69) is 34.3 Å². The number of hydrogen-bond acceptors (Lipinski definition) is 5. The van der Waals surface area contributed by atoms with Crippen molar-refractivity contribution in [2.24, 2.45) is 0 Å². The Hall–Kier alpha value is -2.65. The van der Waals surface area contributed by atoms with Crippen molar-refractivity contribution in [3.8, 4) is 6.07 Å². The fourth-order valence-electron chi connectivity index (χ4n) is 3.87. The minimum Gasteiger partial charge on any atom is -0.425 e. The van der Waals surface area contributed by atoms with Gasteiger partial charge in [-0.3, -0.25) is 4.90 Å². The van der Waals surface area contributed by atoms with E-state index in [1.54, 1.807) is 0 Å². The molecule has 3 aromatic heterocycles. The second-order valence-corrected chi connectivity index (χ2v) is 6.75. The molecule has 0 aliphatic carbocycles.